The molecule has 0 unspecified atom stereocenters. The minimum absolute atomic E-state index is 0.221. The van der Waals surface area contributed by atoms with E-state index in [-0.39, 0.29) is 12.4 Å². The van der Waals surface area contributed by atoms with Gasteiger partial charge in [0, 0.05) is 5.56 Å². The molecule has 0 aliphatic heterocycles. The number of benzene rings is 1. The Balaban J connectivity index is 2.84. The lowest BCUT2D eigenvalue weighted by atomic mass is 10.1. The predicted octanol–water partition coefficient (Wildman–Crippen LogP) is 2.11. The first-order chi connectivity index (χ1) is 7.19. The molecule has 0 bridgehead atoms. The molecule has 0 heterocycles. The summed E-state index contributed by atoms with van der Waals surface area (Å²) in [6, 6.07) is 5.74. The molecule has 0 aliphatic carbocycles. The molecule has 0 atom stereocenters. The van der Waals surface area contributed by atoms with Crippen molar-refractivity contribution in [3.8, 4) is 5.75 Å². The SMILES string of the molecule is CCOC(=O)Cc1cccc(C)c1OC. The predicted molar refractivity (Wildman–Crippen MR) is 58.1 cm³/mol. The summed E-state index contributed by atoms with van der Waals surface area (Å²) in [5, 5.41) is 0. The number of carbonyl (C=O) groups is 1. The number of para-hydroxylation sites is 1. The van der Waals surface area contributed by atoms with Gasteiger partial charge in [-0.3, -0.25) is 4.79 Å². The van der Waals surface area contributed by atoms with Gasteiger partial charge in [0.25, 0.3) is 0 Å². The fourth-order valence-corrected chi connectivity index (χ4v) is 1.51. The van der Waals surface area contributed by atoms with E-state index in [1.807, 2.05) is 25.1 Å². The first kappa shape index (κ1) is 11.6. The van der Waals surface area contributed by atoms with Crippen LogP contribution >= 0.6 is 0 Å². The average Bonchev–Trinajstić information content (AvgIpc) is 2.18. The van der Waals surface area contributed by atoms with E-state index in [0.29, 0.717) is 6.61 Å². The summed E-state index contributed by atoms with van der Waals surface area (Å²) in [6.45, 7) is 4.16. The van der Waals surface area contributed by atoms with Crippen LogP contribution in [0.25, 0.3) is 0 Å². The normalized spacial score (nSPS) is 9.80. The van der Waals surface area contributed by atoms with Gasteiger partial charge in [-0.2, -0.15) is 0 Å². The van der Waals surface area contributed by atoms with Crippen molar-refractivity contribution in [2.75, 3.05) is 13.7 Å². The molecule has 0 saturated carbocycles. The zero-order chi connectivity index (χ0) is 11.3. The van der Waals surface area contributed by atoms with Crippen LogP contribution in [0.4, 0.5) is 0 Å². The first-order valence-corrected chi connectivity index (χ1v) is 4.97. The molecular formula is C12H16O3. The van der Waals surface area contributed by atoms with Gasteiger partial charge in [-0.25, -0.2) is 0 Å². The molecular weight excluding hydrogens is 192 g/mol. The fourth-order valence-electron chi connectivity index (χ4n) is 1.51. The van der Waals surface area contributed by atoms with Gasteiger partial charge >= 0.3 is 5.97 Å². The number of carbonyl (C=O) groups excluding carboxylic acids is 1. The zero-order valence-electron chi connectivity index (χ0n) is 9.37. The first-order valence-electron chi connectivity index (χ1n) is 4.97. The van der Waals surface area contributed by atoms with Crippen LogP contribution in [0.3, 0.4) is 0 Å². The highest BCUT2D eigenvalue weighted by molar-refractivity contribution is 5.73. The Morgan fingerprint density at radius 3 is 2.73 bits per heavy atom. The van der Waals surface area contributed by atoms with Crippen LogP contribution in [0.2, 0.25) is 0 Å². The Bertz CT molecular complexity index is 345. The third-order valence-corrected chi connectivity index (χ3v) is 2.14. The second-order valence-corrected chi connectivity index (χ2v) is 3.25. The highest BCUT2D eigenvalue weighted by Gasteiger charge is 2.10. The molecule has 1 rings (SSSR count). The zero-order valence-corrected chi connectivity index (χ0v) is 9.37. The minimum Gasteiger partial charge on any atom is -0.496 e. The van der Waals surface area contributed by atoms with Crippen LogP contribution in [0.15, 0.2) is 18.2 Å². The maximum atomic E-state index is 11.3. The Hall–Kier alpha value is -1.51. The quantitative estimate of drug-likeness (QED) is 0.711. The molecule has 1 aromatic carbocycles. The van der Waals surface area contributed by atoms with E-state index in [0.717, 1.165) is 16.9 Å². The Kier molecular flexibility index (Phi) is 4.16. The number of esters is 1. The Labute approximate surface area is 90.0 Å². The molecule has 0 fully saturated rings. The Morgan fingerprint density at radius 2 is 2.13 bits per heavy atom. The van der Waals surface area contributed by atoms with Gasteiger partial charge in [0.1, 0.15) is 5.75 Å². The van der Waals surface area contributed by atoms with Crippen molar-refractivity contribution in [1.82, 2.24) is 0 Å². The van der Waals surface area contributed by atoms with Crippen LogP contribution < -0.4 is 4.74 Å². The lowest BCUT2D eigenvalue weighted by Crippen LogP contribution is -2.08. The molecule has 82 valence electrons. The number of hydrogen-bond donors (Lipinski definition) is 0. The Morgan fingerprint density at radius 1 is 1.40 bits per heavy atom. The molecule has 0 radical (unpaired) electrons. The molecule has 0 aliphatic rings. The summed E-state index contributed by atoms with van der Waals surface area (Å²) < 4.78 is 10.1. The van der Waals surface area contributed by atoms with Crippen molar-refractivity contribution in [2.24, 2.45) is 0 Å². The van der Waals surface area contributed by atoms with Crippen LogP contribution in [-0.4, -0.2) is 19.7 Å². The molecule has 3 nitrogen and oxygen atoms in total. The fraction of sp³-hybridized carbons (Fsp3) is 0.417. The minimum atomic E-state index is -0.221. The van der Waals surface area contributed by atoms with Crippen molar-refractivity contribution in [2.45, 2.75) is 20.3 Å². The third kappa shape index (κ3) is 2.98. The largest absolute Gasteiger partial charge is 0.496 e. The monoisotopic (exact) mass is 208 g/mol. The standard InChI is InChI=1S/C12H16O3/c1-4-15-11(13)8-10-7-5-6-9(2)12(10)14-3/h5-7H,4,8H2,1-3H3. The number of hydrogen-bond acceptors (Lipinski definition) is 3. The van der Waals surface area contributed by atoms with E-state index < -0.39 is 0 Å². The summed E-state index contributed by atoms with van der Waals surface area (Å²) in [6.07, 6.45) is 0.263. The highest BCUT2D eigenvalue weighted by atomic mass is 16.5. The summed E-state index contributed by atoms with van der Waals surface area (Å²) >= 11 is 0. The number of rotatable bonds is 4. The van der Waals surface area contributed by atoms with Crippen molar-refractivity contribution >= 4 is 5.97 Å². The summed E-state index contributed by atoms with van der Waals surface area (Å²) in [5.74, 6) is 0.548. The van der Waals surface area contributed by atoms with Gasteiger partial charge in [-0.05, 0) is 19.4 Å². The van der Waals surface area contributed by atoms with Gasteiger partial charge < -0.3 is 9.47 Å². The molecule has 0 aromatic heterocycles. The summed E-state index contributed by atoms with van der Waals surface area (Å²) in [4.78, 5) is 11.3. The topological polar surface area (TPSA) is 35.5 Å². The maximum Gasteiger partial charge on any atom is 0.310 e. The highest BCUT2D eigenvalue weighted by Crippen LogP contribution is 2.23. The lowest BCUT2D eigenvalue weighted by Gasteiger charge is -2.10. The van der Waals surface area contributed by atoms with Gasteiger partial charge in [0.05, 0.1) is 20.1 Å². The van der Waals surface area contributed by atoms with Gasteiger partial charge in [0.2, 0.25) is 0 Å². The van der Waals surface area contributed by atoms with E-state index in [1.165, 1.54) is 0 Å². The second kappa shape index (κ2) is 5.39. The van der Waals surface area contributed by atoms with E-state index >= 15 is 0 Å². The molecule has 0 saturated heterocycles. The van der Waals surface area contributed by atoms with Crippen molar-refractivity contribution in [3.63, 3.8) is 0 Å². The van der Waals surface area contributed by atoms with E-state index in [1.54, 1.807) is 14.0 Å². The van der Waals surface area contributed by atoms with Crippen LogP contribution in [-0.2, 0) is 16.0 Å². The maximum absolute atomic E-state index is 11.3. The van der Waals surface area contributed by atoms with Crippen LogP contribution in [0.1, 0.15) is 18.1 Å². The molecule has 0 spiro atoms. The van der Waals surface area contributed by atoms with E-state index in [4.69, 9.17) is 9.47 Å². The molecule has 0 N–H and O–H groups in total. The van der Waals surface area contributed by atoms with E-state index in [9.17, 15) is 4.79 Å². The molecule has 3 heteroatoms. The molecule has 15 heavy (non-hydrogen) atoms. The van der Waals surface area contributed by atoms with E-state index in [2.05, 4.69) is 0 Å². The van der Waals surface area contributed by atoms with Crippen molar-refractivity contribution < 1.29 is 14.3 Å². The van der Waals surface area contributed by atoms with Crippen LogP contribution in [0, 0.1) is 6.92 Å². The number of methoxy groups -OCH3 is 1. The van der Waals surface area contributed by atoms with Crippen LogP contribution in [0.5, 0.6) is 5.75 Å². The average molecular weight is 208 g/mol. The van der Waals surface area contributed by atoms with Gasteiger partial charge in [-0.1, -0.05) is 18.2 Å². The summed E-state index contributed by atoms with van der Waals surface area (Å²) in [7, 11) is 1.61. The van der Waals surface area contributed by atoms with Gasteiger partial charge in [0.15, 0.2) is 0 Å². The second-order valence-electron chi connectivity index (χ2n) is 3.25. The third-order valence-electron chi connectivity index (χ3n) is 2.14. The van der Waals surface area contributed by atoms with Gasteiger partial charge in [-0.15, -0.1) is 0 Å². The van der Waals surface area contributed by atoms with Crippen molar-refractivity contribution in [1.29, 1.82) is 0 Å². The number of ether oxygens (including phenoxy) is 2. The molecule has 0 amide bonds. The smallest absolute Gasteiger partial charge is 0.310 e. The lowest BCUT2D eigenvalue weighted by molar-refractivity contribution is -0.142. The summed E-state index contributed by atoms with van der Waals surface area (Å²) in [5.41, 5.74) is 1.90. The number of aryl methyl sites for hydroxylation is 1. The van der Waals surface area contributed by atoms with Crippen molar-refractivity contribution in [3.05, 3.63) is 29.3 Å². The molecule has 1 aromatic rings.